The van der Waals surface area contributed by atoms with Crippen LogP contribution in [0.2, 0.25) is 0 Å². The molecular weight excluding hydrogens is 240 g/mol. The quantitative estimate of drug-likeness (QED) is 0.619. The largest absolute Gasteiger partial charge is 0.0623 e. The van der Waals surface area contributed by atoms with Crippen LogP contribution in [0.25, 0.3) is 12.2 Å². The van der Waals surface area contributed by atoms with Crippen molar-refractivity contribution in [3.63, 3.8) is 0 Å². The summed E-state index contributed by atoms with van der Waals surface area (Å²) in [5.74, 6) is 0. The molecule has 0 N–H and O–H groups in total. The van der Waals surface area contributed by atoms with Crippen LogP contribution in [-0.4, -0.2) is 0 Å². The summed E-state index contributed by atoms with van der Waals surface area (Å²) in [6, 6.07) is 20.5. The second-order valence-corrected chi connectivity index (χ2v) is 4.31. The summed E-state index contributed by atoms with van der Waals surface area (Å²) in [5.41, 5.74) is 2.43. The minimum absolute atomic E-state index is 1.21. The van der Waals surface area contributed by atoms with E-state index in [9.17, 15) is 0 Å². The van der Waals surface area contributed by atoms with E-state index in [1.807, 2.05) is 72.9 Å². The first kappa shape index (κ1) is 13.8. The lowest BCUT2D eigenvalue weighted by atomic mass is 10.2. The Hall–Kier alpha value is -2.60. The van der Waals surface area contributed by atoms with E-state index in [4.69, 9.17) is 0 Å². The zero-order chi connectivity index (χ0) is 13.9. The molecule has 0 atom stereocenters. The van der Waals surface area contributed by atoms with E-state index < -0.39 is 0 Å². The highest BCUT2D eigenvalue weighted by molar-refractivity contribution is 5.52. The van der Waals surface area contributed by atoms with Crippen LogP contribution in [-0.2, 0) is 0 Å². The highest BCUT2D eigenvalue weighted by Crippen LogP contribution is 2.02. The smallest absolute Gasteiger partial charge is 0.0257 e. The molecule has 2 aromatic carbocycles. The van der Waals surface area contributed by atoms with Gasteiger partial charge in [-0.25, -0.2) is 0 Å². The molecule has 20 heavy (non-hydrogen) atoms. The lowest BCUT2D eigenvalue weighted by Gasteiger charge is -1.88. The van der Waals surface area contributed by atoms with Gasteiger partial charge in [0.15, 0.2) is 0 Å². The van der Waals surface area contributed by atoms with E-state index in [0.29, 0.717) is 0 Å². The van der Waals surface area contributed by atoms with Gasteiger partial charge in [-0.1, -0.05) is 109 Å². The molecule has 98 valence electrons. The number of hydrogen-bond donors (Lipinski definition) is 0. The van der Waals surface area contributed by atoms with Crippen LogP contribution in [0.5, 0.6) is 0 Å². The van der Waals surface area contributed by atoms with Gasteiger partial charge in [0, 0.05) is 0 Å². The van der Waals surface area contributed by atoms with Gasteiger partial charge in [-0.2, -0.15) is 0 Å². The average Bonchev–Trinajstić information content (AvgIpc) is 2.52. The molecule has 0 aliphatic heterocycles. The van der Waals surface area contributed by atoms with Gasteiger partial charge in [-0.05, 0) is 11.1 Å². The molecule has 0 saturated heterocycles. The predicted octanol–water partition coefficient (Wildman–Crippen LogP) is 5.53. The fourth-order valence-electron chi connectivity index (χ4n) is 1.72. The summed E-state index contributed by atoms with van der Waals surface area (Å²) < 4.78 is 0. The molecule has 0 aliphatic rings. The van der Waals surface area contributed by atoms with Gasteiger partial charge >= 0.3 is 0 Å². The Kier molecular flexibility index (Phi) is 5.87. The van der Waals surface area contributed by atoms with Gasteiger partial charge < -0.3 is 0 Å². The van der Waals surface area contributed by atoms with Crippen molar-refractivity contribution in [2.75, 3.05) is 0 Å². The minimum atomic E-state index is 1.21. The SMILES string of the molecule is C(/C=C/C=C/c1ccccc1)=C\C=C\c1ccccc1. The van der Waals surface area contributed by atoms with E-state index in [2.05, 4.69) is 36.4 Å². The Bertz CT molecular complexity index is 542. The number of benzene rings is 2. The van der Waals surface area contributed by atoms with E-state index >= 15 is 0 Å². The number of allylic oxidation sites excluding steroid dienone is 6. The Morgan fingerprint density at radius 2 is 0.750 bits per heavy atom. The van der Waals surface area contributed by atoms with E-state index in [1.54, 1.807) is 0 Å². The monoisotopic (exact) mass is 258 g/mol. The molecule has 0 heterocycles. The van der Waals surface area contributed by atoms with Crippen LogP contribution < -0.4 is 0 Å². The molecule has 0 unspecified atom stereocenters. The van der Waals surface area contributed by atoms with Crippen molar-refractivity contribution in [1.82, 2.24) is 0 Å². The fraction of sp³-hybridized carbons (Fsp3) is 0. The van der Waals surface area contributed by atoms with Crippen LogP contribution in [0.3, 0.4) is 0 Å². The number of rotatable bonds is 5. The molecule has 0 aromatic heterocycles. The zero-order valence-corrected chi connectivity index (χ0v) is 11.4. The molecule has 0 bridgehead atoms. The Labute approximate surface area is 121 Å². The van der Waals surface area contributed by atoms with Crippen molar-refractivity contribution < 1.29 is 0 Å². The summed E-state index contributed by atoms with van der Waals surface area (Å²) in [4.78, 5) is 0. The normalized spacial score (nSPS) is 12.2. The van der Waals surface area contributed by atoms with Crippen molar-refractivity contribution in [3.05, 3.63) is 108 Å². The molecule has 0 nitrogen and oxygen atoms in total. The average molecular weight is 258 g/mol. The van der Waals surface area contributed by atoms with Crippen LogP contribution in [0.4, 0.5) is 0 Å². The molecule has 0 amide bonds. The first-order chi connectivity index (χ1) is 9.95. The first-order valence-corrected chi connectivity index (χ1v) is 6.73. The third-order valence-electron chi connectivity index (χ3n) is 2.73. The minimum Gasteiger partial charge on any atom is -0.0623 e. The molecule has 0 radical (unpaired) electrons. The van der Waals surface area contributed by atoms with Gasteiger partial charge in [0.2, 0.25) is 0 Å². The van der Waals surface area contributed by atoms with Crippen LogP contribution in [0.1, 0.15) is 11.1 Å². The molecule has 0 saturated carbocycles. The summed E-state index contributed by atoms with van der Waals surface area (Å²) in [6.07, 6.45) is 16.4. The predicted molar refractivity (Wildman–Crippen MR) is 89.2 cm³/mol. The lowest BCUT2D eigenvalue weighted by molar-refractivity contribution is 1.66. The van der Waals surface area contributed by atoms with E-state index in [-0.39, 0.29) is 0 Å². The van der Waals surface area contributed by atoms with Crippen molar-refractivity contribution in [2.45, 2.75) is 0 Å². The van der Waals surface area contributed by atoms with Gasteiger partial charge in [-0.3, -0.25) is 0 Å². The van der Waals surface area contributed by atoms with Crippen LogP contribution >= 0.6 is 0 Å². The lowest BCUT2D eigenvalue weighted by Crippen LogP contribution is -1.66. The second kappa shape index (κ2) is 8.49. The number of hydrogen-bond acceptors (Lipinski definition) is 0. The van der Waals surface area contributed by atoms with E-state index in [1.165, 1.54) is 11.1 Å². The van der Waals surface area contributed by atoms with Crippen molar-refractivity contribution in [1.29, 1.82) is 0 Å². The van der Waals surface area contributed by atoms with E-state index in [0.717, 1.165) is 0 Å². The summed E-state index contributed by atoms with van der Waals surface area (Å²) >= 11 is 0. The van der Waals surface area contributed by atoms with Gasteiger partial charge in [0.05, 0.1) is 0 Å². The topological polar surface area (TPSA) is 0 Å². The summed E-state index contributed by atoms with van der Waals surface area (Å²) in [7, 11) is 0. The van der Waals surface area contributed by atoms with Crippen LogP contribution in [0.15, 0.2) is 97.1 Å². The summed E-state index contributed by atoms with van der Waals surface area (Å²) in [5, 5.41) is 0. The zero-order valence-electron chi connectivity index (χ0n) is 11.4. The van der Waals surface area contributed by atoms with Gasteiger partial charge in [0.1, 0.15) is 0 Å². The third-order valence-corrected chi connectivity index (χ3v) is 2.73. The molecule has 0 spiro atoms. The molecule has 2 rings (SSSR count). The highest BCUT2D eigenvalue weighted by Gasteiger charge is 1.80. The van der Waals surface area contributed by atoms with Crippen molar-refractivity contribution >= 4 is 12.2 Å². The third kappa shape index (κ3) is 5.36. The maximum absolute atomic E-state index is 2.09. The molecule has 0 heteroatoms. The fourth-order valence-corrected chi connectivity index (χ4v) is 1.72. The van der Waals surface area contributed by atoms with Crippen LogP contribution in [0, 0.1) is 0 Å². The molecule has 0 aliphatic carbocycles. The Balaban J connectivity index is 1.77. The molecule has 0 fully saturated rings. The highest BCUT2D eigenvalue weighted by atomic mass is 13.9. The van der Waals surface area contributed by atoms with Gasteiger partial charge in [-0.15, -0.1) is 0 Å². The maximum Gasteiger partial charge on any atom is -0.0257 e. The molecular formula is C20H18. The van der Waals surface area contributed by atoms with Crippen molar-refractivity contribution in [3.8, 4) is 0 Å². The molecule has 2 aromatic rings. The Morgan fingerprint density at radius 1 is 0.400 bits per heavy atom. The summed E-state index contributed by atoms with van der Waals surface area (Å²) in [6.45, 7) is 0. The van der Waals surface area contributed by atoms with Gasteiger partial charge in [0.25, 0.3) is 0 Å². The second-order valence-electron chi connectivity index (χ2n) is 4.31. The standard InChI is InChI=1S/C20H18/c1(3-7-13-19-15-9-5-10-16-19)2-4-8-14-20-17-11-6-12-18-20/h1-18H/b3-1+,4-2+,13-7+,14-8+. The van der Waals surface area contributed by atoms with Crippen molar-refractivity contribution in [2.24, 2.45) is 0 Å². The Morgan fingerprint density at radius 3 is 1.15 bits per heavy atom. The first-order valence-electron chi connectivity index (χ1n) is 6.73. The maximum atomic E-state index is 2.09.